The summed E-state index contributed by atoms with van der Waals surface area (Å²) in [7, 11) is 0. The zero-order valence-electron chi connectivity index (χ0n) is 11.4. The van der Waals surface area contributed by atoms with E-state index in [9.17, 15) is 4.79 Å². The third-order valence-electron chi connectivity index (χ3n) is 3.30. The van der Waals surface area contributed by atoms with Crippen LogP contribution in [0, 0.1) is 17.8 Å². The summed E-state index contributed by atoms with van der Waals surface area (Å²) in [4.78, 5) is 12.0. The lowest BCUT2D eigenvalue weighted by molar-refractivity contribution is 0.0950. The summed E-state index contributed by atoms with van der Waals surface area (Å²) in [5.74, 6) is 5.85. The molecule has 20 heavy (non-hydrogen) atoms. The van der Waals surface area contributed by atoms with Crippen LogP contribution < -0.4 is 5.32 Å². The summed E-state index contributed by atoms with van der Waals surface area (Å²) in [6, 6.07) is 7.10. The monoisotopic (exact) mass is 273 g/mol. The highest BCUT2D eigenvalue weighted by molar-refractivity contribution is 5.94. The Morgan fingerprint density at radius 3 is 3.15 bits per heavy atom. The van der Waals surface area contributed by atoms with Crippen LogP contribution in [-0.2, 0) is 4.74 Å². The van der Waals surface area contributed by atoms with Gasteiger partial charge in [-0.1, -0.05) is 17.9 Å². The van der Waals surface area contributed by atoms with Gasteiger partial charge in [0.1, 0.15) is 6.61 Å². The molecule has 1 unspecified atom stereocenters. The van der Waals surface area contributed by atoms with Gasteiger partial charge in [-0.25, -0.2) is 0 Å². The van der Waals surface area contributed by atoms with Crippen molar-refractivity contribution < 1.29 is 14.6 Å². The number of amides is 1. The topological polar surface area (TPSA) is 58.6 Å². The van der Waals surface area contributed by atoms with Gasteiger partial charge < -0.3 is 15.2 Å². The fourth-order valence-corrected chi connectivity index (χ4v) is 2.18. The van der Waals surface area contributed by atoms with Crippen molar-refractivity contribution in [2.45, 2.75) is 12.8 Å². The molecule has 0 aliphatic carbocycles. The molecular formula is C16H19NO3. The minimum absolute atomic E-state index is 0.0865. The standard InChI is InChI=1S/C16H19NO3/c18-9-2-4-13-3-1-5-15(11-13)16(19)17-8-6-14-7-10-20-12-14/h1,3,5,11,14,18H,6-10,12H2,(H,17,19). The highest BCUT2D eigenvalue weighted by atomic mass is 16.5. The summed E-state index contributed by atoms with van der Waals surface area (Å²) < 4.78 is 5.30. The normalized spacial score (nSPS) is 17.4. The molecule has 1 atom stereocenters. The van der Waals surface area contributed by atoms with Crippen molar-refractivity contribution >= 4 is 5.91 Å². The molecule has 1 aliphatic heterocycles. The highest BCUT2D eigenvalue weighted by Gasteiger charge is 2.15. The van der Waals surface area contributed by atoms with Gasteiger partial charge >= 0.3 is 0 Å². The number of nitrogens with one attached hydrogen (secondary N) is 1. The summed E-state index contributed by atoms with van der Waals surface area (Å²) in [5.41, 5.74) is 1.33. The lowest BCUT2D eigenvalue weighted by atomic mass is 10.1. The first-order valence-electron chi connectivity index (χ1n) is 6.85. The maximum atomic E-state index is 12.0. The van der Waals surface area contributed by atoms with E-state index in [0.29, 0.717) is 18.0 Å². The molecule has 0 aromatic heterocycles. The van der Waals surface area contributed by atoms with Crippen LogP contribution in [0.4, 0.5) is 0 Å². The number of carbonyl (C=O) groups is 1. The van der Waals surface area contributed by atoms with Crippen LogP contribution in [0.15, 0.2) is 24.3 Å². The van der Waals surface area contributed by atoms with Crippen LogP contribution in [0.2, 0.25) is 0 Å². The second kappa shape index (κ2) is 7.68. The Morgan fingerprint density at radius 1 is 1.50 bits per heavy atom. The van der Waals surface area contributed by atoms with Crippen molar-refractivity contribution in [2.75, 3.05) is 26.4 Å². The maximum Gasteiger partial charge on any atom is 0.251 e. The van der Waals surface area contributed by atoms with Gasteiger partial charge in [0.2, 0.25) is 0 Å². The second-order valence-electron chi connectivity index (χ2n) is 4.81. The van der Waals surface area contributed by atoms with Gasteiger partial charge in [-0.2, -0.15) is 0 Å². The minimum atomic E-state index is -0.181. The number of ether oxygens (including phenoxy) is 1. The first-order valence-corrected chi connectivity index (χ1v) is 6.85. The van der Waals surface area contributed by atoms with Crippen molar-refractivity contribution in [3.05, 3.63) is 35.4 Å². The van der Waals surface area contributed by atoms with Gasteiger partial charge in [-0.05, 0) is 37.0 Å². The first-order chi connectivity index (χ1) is 9.79. The number of aliphatic hydroxyl groups excluding tert-OH is 1. The van der Waals surface area contributed by atoms with Crippen molar-refractivity contribution in [1.29, 1.82) is 0 Å². The van der Waals surface area contributed by atoms with Crippen LogP contribution >= 0.6 is 0 Å². The quantitative estimate of drug-likeness (QED) is 0.810. The van der Waals surface area contributed by atoms with E-state index in [-0.39, 0.29) is 12.5 Å². The van der Waals surface area contributed by atoms with Gasteiger partial charge in [0.25, 0.3) is 5.91 Å². The zero-order chi connectivity index (χ0) is 14.2. The fourth-order valence-electron chi connectivity index (χ4n) is 2.18. The Hall–Kier alpha value is -1.83. The van der Waals surface area contributed by atoms with E-state index in [4.69, 9.17) is 9.84 Å². The smallest absolute Gasteiger partial charge is 0.251 e. The average Bonchev–Trinajstić information content (AvgIpc) is 2.98. The summed E-state index contributed by atoms with van der Waals surface area (Å²) >= 11 is 0. The largest absolute Gasteiger partial charge is 0.384 e. The zero-order valence-corrected chi connectivity index (χ0v) is 11.4. The van der Waals surface area contributed by atoms with Crippen molar-refractivity contribution in [3.8, 4) is 11.8 Å². The summed E-state index contributed by atoms with van der Waals surface area (Å²) in [6.45, 7) is 2.13. The van der Waals surface area contributed by atoms with Crippen LogP contribution in [0.5, 0.6) is 0 Å². The molecule has 106 valence electrons. The molecule has 0 saturated carbocycles. The fraction of sp³-hybridized carbons (Fsp3) is 0.438. The summed E-state index contributed by atoms with van der Waals surface area (Å²) in [6.07, 6.45) is 2.04. The molecule has 4 heteroatoms. The van der Waals surface area contributed by atoms with E-state index in [1.54, 1.807) is 18.2 Å². The molecule has 1 amide bonds. The third-order valence-corrected chi connectivity index (χ3v) is 3.30. The molecule has 1 aromatic carbocycles. The SMILES string of the molecule is O=C(NCCC1CCOC1)c1cccc(C#CCO)c1. The van der Waals surface area contributed by atoms with E-state index < -0.39 is 0 Å². The van der Waals surface area contributed by atoms with Gasteiger partial charge in [0, 0.05) is 30.9 Å². The van der Waals surface area contributed by atoms with Crippen molar-refractivity contribution in [1.82, 2.24) is 5.32 Å². The van der Waals surface area contributed by atoms with Crippen LogP contribution in [0.1, 0.15) is 28.8 Å². The molecule has 2 N–H and O–H groups in total. The molecule has 0 radical (unpaired) electrons. The molecular weight excluding hydrogens is 254 g/mol. The molecule has 1 saturated heterocycles. The van der Waals surface area contributed by atoms with Crippen molar-refractivity contribution in [2.24, 2.45) is 5.92 Å². The molecule has 1 fully saturated rings. The Bertz CT molecular complexity index is 510. The molecule has 0 bridgehead atoms. The van der Waals surface area contributed by atoms with Crippen LogP contribution in [0.3, 0.4) is 0 Å². The van der Waals surface area contributed by atoms with Crippen LogP contribution in [-0.4, -0.2) is 37.4 Å². The predicted molar refractivity (Wildman–Crippen MR) is 76.3 cm³/mol. The number of hydrogen-bond donors (Lipinski definition) is 2. The third kappa shape index (κ3) is 4.37. The Labute approximate surface area is 119 Å². The van der Waals surface area contributed by atoms with Gasteiger partial charge in [0.05, 0.1) is 0 Å². The lowest BCUT2D eigenvalue weighted by Crippen LogP contribution is -2.26. The lowest BCUT2D eigenvalue weighted by Gasteiger charge is -2.09. The Kier molecular flexibility index (Phi) is 5.60. The van der Waals surface area contributed by atoms with E-state index in [1.165, 1.54) is 0 Å². The van der Waals surface area contributed by atoms with Crippen LogP contribution in [0.25, 0.3) is 0 Å². The van der Waals surface area contributed by atoms with E-state index >= 15 is 0 Å². The number of carbonyl (C=O) groups excluding carboxylic acids is 1. The number of rotatable bonds is 4. The molecule has 4 nitrogen and oxygen atoms in total. The first kappa shape index (κ1) is 14.6. The molecule has 1 heterocycles. The van der Waals surface area contributed by atoms with Gasteiger partial charge in [-0.3, -0.25) is 4.79 Å². The van der Waals surface area contributed by atoms with E-state index in [1.807, 2.05) is 6.07 Å². The second-order valence-corrected chi connectivity index (χ2v) is 4.81. The van der Waals surface area contributed by atoms with Crippen molar-refractivity contribution in [3.63, 3.8) is 0 Å². The van der Waals surface area contributed by atoms with Gasteiger partial charge in [0.15, 0.2) is 0 Å². The molecule has 2 rings (SSSR count). The van der Waals surface area contributed by atoms with E-state index in [0.717, 1.165) is 31.6 Å². The van der Waals surface area contributed by atoms with E-state index in [2.05, 4.69) is 17.2 Å². The Balaban J connectivity index is 1.85. The number of aliphatic hydroxyl groups is 1. The number of hydrogen-bond acceptors (Lipinski definition) is 3. The Morgan fingerprint density at radius 2 is 2.40 bits per heavy atom. The number of benzene rings is 1. The average molecular weight is 273 g/mol. The molecule has 0 spiro atoms. The molecule has 1 aromatic rings. The van der Waals surface area contributed by atoms with Gasteiger partial charge in [-0.15, -0.1) is 0 Å². The predicted octanol–water partition coefficient (Wildman–Crippen LogP) is 1.19. The molecule has 1 aliphatic rings. The highest BCUT2D eigenvalue weighted by Crippen LogP contribution is 2.15. The maximum absolute atomic E-state index is 12.0. The minimum Gasteiger partial charge on any atom is -0.384 e. The summed E-state index contributed by atoms with van der Waals surface area (Å²) in [5, 5.41) is 11.6.